The second-order valence-electron chi connectivity index (χ2n) is 10.0. The number of aromatic nitrogens is 3. The van der Waals surface area contributed by atoms with Gasteiger partial charge in [-0.1, -0.05) is 18.2 Å². The van der Waals surface area contributed by atoms with Crippen molar-refractivity contribution in [2.45, 2.75) is 12.1 Å². The summed E-state index contributed by atoms with van der Waals surface area (Å²) in [5.41, 5.74) is -2.05. The van der Waals surface area contributed by atoms with Crippen molar-refractivity contribution in [1.29, 1.82) is 0 Å². The molecule has 0 N–H and O–H groups in total. The summed E-state index contributed by atoms with van der Waals surface area (Å²) in [5, 5.41) is 0. The molecule has 1 aromatic heterocycles. The highest BCUT2D eigenvalue weighted by molar-refractivity contribution is 7.86. The summed E-state index contributed by atoms with van der Waals surface area (Å²) in [6.07, 6.45) is 1.93. The normalized spacial score (nSPS) is 40.7. The van der Waals surface area contributed by atoms with Crippen molar-refractivity contribution in [3.05, 3.63) is 51.3 Å². The molecule has 4 aliphatic carbocycles. The van der Waals surface area contributed by atoms with Gasteiger partial charge in [0.25, 0.3) is 20.2 Å². The lowest BCUT2D eigenvalue weighted by molar-refractivity contribution is -0.0383. The summed E-state index contributed by atoms with van der Waals surface area (Å²) in [5.74, 6) is 0.427. The van der Waals surface area contributed by atoms with Crippen molar-refractivity contribution in [1.82, 2.24) is 13.9 Å². The minimum Gasteiger partial charge on any atom is -0.270 e. The topological polar surface area (TPSA) is 136 Å². The van der Waals surface area contributed by atoms with Crippen LogP contribution in [0.5, 0.6) is 0 Å². The van der Waals surface area contributed by atoms with Crippen LogP contribution in [0.4, 0.5) is 0 Å². The van der Waals surface area contributed by atoms with Crippen LogP contribution >= 0.6 is 0 Å². The quantitative estimate of drug-likeness (QED) is 0.462. The Kier molecular flexibility index (Phi) is 3.38. The van der Waals surface area contributed by atoms with Gasteiger partial charge in [-0.25, -0.2) is 23.5 Å². The smallest absolute Gasteiger partial charge is 0.270 e. The summed E-state index contributed by atoms with van der Waals surface area (Å²) < 4.78 is 62.1. The number of benzene rings is 1. The van der Waals surface area contributed by atoms with Gasteiger partial charge in [0, 0.05) is 10.8 Å². The maximum atomic E-state index is 13.5. The van der Waals surface area contributed by atoms with Crippen LogP contribution in [-0.2, 0) is 28.6 Å². The molecule has 33 heavy (non-hydrogen) atoms. The van der Waals surface area contributed by atoms with Gasteiger partial charge in [0.05, 0.1) is 43.5 Å². The maximum Gasteiger partial charge on any atom is 0.352 e. The molecule has 4 saturated carbocycles. The first-order valence-electron chi connectivity index (χ1n) is 10.7. The van der Waals surface area contributed by atoms with Gasteiger partial charge in [-0.2, -0.15) is 16.8 Å². The van der Waals surface area contributed by atoms with Crippen molar-refractivity contribution < 1.29 is 25.2 Å². The number of rotatable bonds is 7. The van der Waals surface area contributed by atoms with E-state index in [-0.39, 0.29) is 36.9 Å². The molecule has 2 unspecified atom stereocenters. The van der Waals surface area contributed by atoms with Crippen molar-refractivity contribution in [3.8, 4) is 5.69 Å². The number of hydrogen-bond donors (Lipinski definition) is 0. The van der Waals surface area contributed by atoms with Crippen LogP contribution in [0.1, 0.15) is 12.1 Å². The summed E-state index contributed by atoms with van der Waals surface area (Å²) in [4.78, 5) is 27.1. The van der Waals surface area contributed by atoms with E-state index in [4.69, 9.17) is 8.37 Å². The first-order valence-corrected chi connectivity index (χ1v) is 14.3. The second kappa shape index (κ2) is 5.53. The van der Waals surface area contributed by atoms with E-state index in [0.29, 0.717) is 5.69 Å². The summed E-state index contributed by atoms with van der Waals surface area (Å²) in [7, 11) is -7.54. The molecule has 8 atom stereocenters. The molecule has 2 aromatic rings. The van der Waals surface area contributed by atoms with E-state index in [1.807, 2.05) is 0 Å². The van der Waals surface area contributed by atoms with Crippen molar-refractivity contribution in [2.75, 3.05) is 25.7 Å². The van der Waals surface area contributed by atoms with Crippen LogP contribution in [0, 0.1) is 34.5 Å². The van der Waals surface area contributed by atoms with E-state index < -0.39 is 54.5 Å². The number of hydrogen-bond acceptors (Lipinski definition) is 8. The fourth-order valence-electron chi connectivity index (χ4n) is 8.21. The van der Waals surface area contributed by atoms with Gasteiger partial charge >= 0.3 is 11.4 Å². The highest BCUT2D eigenvalue weighted by Crippen LogP contribution is 3.02. The predicted molar refractivity (Wildman–Crippen MR) is 113 cm³/mol. The number of nitrogens with zero attached hydrogens (tertiary/aromatic N) is 3. The average Bonchev–Trinajstić information content (AvgIpc) is 3.48. The molecule has 2 aliphatic heterocycles. The molecule has 2 bridgehead atoms. The molecule has 6 aliphatic rings. The molecule has 13 heteroatoms. The summed E-state index contributed by atoms with van der Waals surface area (Å²) >= 11 is 0. The molecular formula is C20H21N3O8S2. The Balaban J connectivity index is 1.44. The van der Waals surface area contributed by atoms with Crippen molar-refractivity contribution in [3.63, 3.8) is 0 Å². The average molecular weight is 496 g/mol. The zero-order chi connectivity index (χ0) is 23.3. The maximum absolute atomic E-state index is 13.5. The molecule has 8 rings (SSSR count). The third kappa shape index (κ3) is 2.09. The zero-order valence-electron chi connectivity index (χ0n) is 17.7. The van der Waals surface area contributed by atoms with Crippen LogP contribution < -0.4 is 11.4 Å². The van der Waals surface area contributed by atoms with Gasteiger partial charge in [0.15, 0.2) is 0 Å². The van der Waals surface area contributed by atoms with E-state index >= 15 is 0 Å². The highest BCUT2D eigenvalue weighted by atomic mass is 32.2. The van der Waals surface area contributed by atoms with E-state index in [2.05, 4.69) is 0 Å². The minimum atomic E-state index is -3.77. The fourth-order valence-corrected chi connectivity index (χ4v) is 9.03. The first-order chi connectivity index (χ1) is 15.5. The molecule has 176 valence electrons. The second-order valence-corrected chi connectivity index (χ2v) is 13.3. The summed E-state index contributed by atoms with van der Waals surface area (Å²) in [6.45, 7) is -0.330. The molecular weight excluding hydrogens is 474 g/mol. The van der Waals surface area contributed by atoms with Gasteiger partial charge in [-0.3, -0.25) is 8.37 Å². The minimum absolute atomic E-state index is 0.0603. The lowest BCUT2D eigenvalue weighted by atomic mass is 9.72. The molecule has 0 amide bonds. The molecule has 4 fully saturated rings. The summed E-state index contributed by atoms with van der Waals surface area (Å²) in [6, 6.07) is 7.71. The van der Waals surface area contributed by atoms with E-state index in [9.17, 15) is 26.4 Å². The Morgan fingerprint density at radius 2 is 1.24 bits per heavy atom. The highest BCUT2D eigenvalue weighted by Gasteiger charge is 3.03. The SMILES string of the molecule is CS(=O)(=O)OC[C@]12C3C4[C@@H]5[C@H]4[C@H](n4c(=O)n(-c6ccccc6)c(=O)n4[C@@H]51)[C@]32COS(C)(=O)=O. The van der Waals surface area contributed by atoms with Gasteiger partial charge in [-0.15, -0.1) is 0 Å². The predicted octanol–water partition coefficient (Wildman–Crippen LogP) is -0.659. The largest absolute Gasteiger partial charge is 0.352 e. The molecule has 3 heterocycles. The van der Waals surface area contributed by atoms with Crippen LogP contribution in [0.15, 0.2) is 39.9 Å². The van der Waals surface area contributed by atoms with Crippen LogP contribution in [-0.4, -0.2) is 56.5 Å². The van der Waals surface area contributed by atoms with E-state index in [1.54, 1.807) is 30.3 Å². The Labute approximate surface area is 188 Å². The van der Waals surface area contributed by atoms with Gasteiger partial charge in [0.1, 0.15) is 0 Å². The van der Waals surface area contributed by atoms with Crippen molar-refractivity contribution in [2.24, 2.45) is 34.5 Å². The standard InChI is InChI=1S/C20H21N3O8S2/c1-32(26,27)30-8-19-14-11-12-13(11)16(20(14,19)9-31-33(2,28)29)23-18(25)21(10-6-4-3-5-7-10)17(24)22(23)15(12)19/h3-7,11-16H,8-9H2,1-2H3/t11?,12-,13+,14?,15-,16-,19-,20-/m0/s1. The zero-order valence-corrected chi connectivity index (χ0v) is 19.3. The van der Waals surface area contributed by atoms with Gasteiger partial charge in [0.2, 0.25) is 0 Å². The van der Waals surface area contributed by atoms with Crippen LogP contribution in [0.2, 0.25) is 0 Å². The van der Waals surface area contributed by atoms with Crippen LogP contribution in [0.25, 0.3) is 5.69 Å². The molecule has 0 spiro atoms. The fraction of sp³-hybridized carbons (Fsp3) is 0.600. The molecule has 11 nitrogen and oxygen atoms in total. The van der Waals surface area contributed by atoms with Gasteiger partial charge in [-0.05, 0) is 35.8 Å². The molecule has 0 saturated heterocycles. The first kappa shape index (κ1) is 20.2. The number of para-hydroxylation sites is 1. The molecule has 1 aromatic carbocycles. The van der Waals surface area contributed by atoms with Gasteiger partial charge < -0.3 is 0 Å². The third-order valence-electron chi connectivity index (χ3n) is 8.83. The Hall–Kier alpha value is -2.22. The lowest BCUT2D eigenvalue weighted by Crippen LogP contribution is -2.55. The Morgan fingerprint density at radius 3 is 1.67 bits per heavy atom. The third-order valence-corrected chi connectivity index (χ3v) is 9.92. The lowest BCUT2D eigenvalue weighted by Gasteiger charge is -2.47. The molecule has 0 radical (unpaired) electrons. The Bertz CT molecular complexity index is 1480. The van der Waals surface area contributed by atoms with E-state index in [1.165, 1.54) is 9.36 Å². The van der Waals surface area contributed by atoms with E-state index in [0.717, 1.165) is 17.1 Å². The van der Waals surface area contributed by atoms with Crippen molar-refractivity contribution >= 4 is 20.2 Å². The van der Waals surface area contributed by atoms with Crippen LogP contribution in [0.3, 0.4) is 0 Å². The Morgan fingerprint density at radius 1 is 0.788 bits per heavy atom. The monoisotopic (exact) mass is 495 g/mol.